The highest BCUT2D eigenvalue weighted by atomic mass is 35.5. The maximum Gasteiger partial charge on any atom is 0.494 e. The summed E-state index contributed by atoms with van der Waals surface area (Å²) in [6.45, 7) is 8.62. The van der Waals surface area contributed by atoms with E-state index in [1.165, 1.54) is 11.3 Å². The van der Waals surface area contributed by atoms with E-state index >= 15 is 0 Å². The Bertz CT molecular complexity index is 816. The molecule has 1 fully saturated rings. The van der Waals surface area contributed by atoms with Gasteiger partial charge in [0.25, 0.3) is 0 Å². The van der Waals surface area contributed by atoms with Crippen LogP contribution in [0.3, 0.4) is 0 Å². The molecule has 0 unspecified atom stereocenters. The van der Waals surface area contributed by atoms with Gasteiger partial charge in [0, 0.05) is 16.8 Å². The van der Waals surface area contributed by atoms with Crippen molar-refractivity contribution in [2.75, 3.05) is 5.32 Å². The molecule has 3 rings (SSSR count). The van der Waals surface area contributed by atoms with Gasteiger partial charge in [-0.3, -0.25) is 0 Å². The Morgan fingerprint density at radius 3 is 2.48 bits per heavy atom. The minimum atomic E-state index is -0.503. The quantitative estimate of drug-likeness (QED) is 0.827. The van der Waals surface area contributed by atoms with E-state index in [0.717, 1.165) is 16.0 Å². The second kappa shape index (κ2) is 6.62. The molecule has 8 heteroatoms. The van der Waals surface area contributed by atoms with Crippen LogP contribution in [-0.2, 0) is 15.9 Å². The van der Waals surface area contributed by atoms with E-state index < -0.39 is 18.3 Å². The average molecular weight is 376 g/mol. The number of hydrogen-bond acceptors (Lipinski definition) is 6. The predicted molar refractivity (Wildman–Crippen MR) is 101 cm³/mol. The van der Waals surface area contributed by atoms with Crippen molar-refractivity contribution < 1.29 is 9.31 Å². The summed E-state index contributed by atoms with van der Waals surface area (Å²) in [5.74, 6) is 0. The van der Waals surface area contributed by atoms with Crippen LogP contribution in [0.5, 0.6) is 0 Å². The standard InChI is InChI=1S/C17H19BClN3O2S/c1-16(2)17(3,4)24-18(23-16)12-5-11(8-20)6-13(7-12)21-9-14-10-22-15(19)25-14/h5-7,10,21H,9H2,1-4H3. The lowest BCUT2D eigenvalue weighted by Gasteiger charge is -2.32. The number of nitrogens with one attached hydrogen (secondary N) is 1. The van der Waals surface area contributed by atoms with Gasteiger partial charge >= 0.3 is 7.12 Å². The second-order valence-corrected chi connectivity index (χ2v) is 8.67. The Labute approximate surface area is 157 Å². The fourth-order valence-corrected chi connectivity index (χ4v) is 3.41. The van der Waals surface area contributed by atoms with Crippen LogP contribution in [0.1, 0.15) is 38.1 Å². The Morgan fingerprint density at radius 2 is 1.92 bits per heavy atom. The summed E-state index contributed by atoms with van der Waals surface area (Å²) in [6.07, 6.45) is 1.74. The molecule has 1 aromatic carbocycles. The number of anilines is 1. The summed E-state index contributed by atoms with van der Waals surface area (Å²) < 4.78 is 12.7. The van der Waals surface area contributed by atoms with Crippen LogP contribution in [0.4, 0.5) is 5.69 Å². The third-order valence-electron chi connectivity index (χ3n) is 4.60. The lowest BCUT2D eigenvalue weighted by molar-refractivity contribution is 0.00578. The maximum atomic E-state index is 9.34. The van der Waals surface area contributed by atoms with Gasteiger partial charge in [-0.2, -0.15) is 5.26 Å². The molecular formula is C17H19BClN3O2S. The van der Waals surface area contributed by atoms with Crippen molar-refractivity contribution >= 4 is 41.2 Å². The molecule has 2 aromatic rings. The number of nitriles is 1. The number of thiazole rings is 1. The second-order valence-electron chi connectivity index (χ2n) is 6.98. The first-order valence-electron chi connectivity index (χ1n) is 7.95. The van der Waals surface area contributed by atoms with Crippen LogP contribution in [-0.4, -0.2) is 23.3 Å². The van der Waals surface area contributed by atoms with Crippen molar-refractivity contribution in [3.63, 3.8) is 0 Å². The van der Waals surface area contributed by atoms with Crippen LogP contribution in [0, 0.1) is 11.3 Å². The molecule has 0 aliphatic carbocycles. The summed E-state index contributed by atoms with van der Waals surface area (Å²) in [6, 6.07) is 7.75. The largest absolute Gasteiger partial charge is 0.494 e. The first kappa shape index (κ1) is 18.2. The Balaban J connectivity index is 1.82. The van der Waals surface area contributed by atoms with Crippen molar-refractivity contribution in [1.82, 2.24) is 4.98 Å². The highest BCUT2D eigenvalue weighted by Crippen LogP contribution is 2.36. The SMILES string of the molecule is CC1(C)OB(c2cc(C#N)cc(NCc3cnc(Cl)s3)c2)OC1(C)C. The van der Waals surface area contributed by atoms with E-state index in [-0.39, 0.29) is 0 Å². The van der Waals surface area contributed by atoms with Gasteiger partial charge in [-0.05, 0) is 51.4 Å². The van der Waals surface area contributed by atoms with Crippen LogP contribution in [0.25, 0.3) is 0 Å². The lowest BCUT2D eigenvalue weighted by Crippen LogP contribution is -2.41. The zero-order chi connectivity index (χ0) is 18.2. The van der Waals surface area contributed by atoms with Crippen molar-refractivity contribution in [1.29, 1.82) is 5.26 Å². The molecule has 0 bridgehead atoms. The summed E-state index contributed by atoms with van der Waals surface area (Å²) in [5.41, 5.74) is 1.36. The summed E-state index contributed by atoms with van der Waals surface area (Å²) >= 11 is 7.28. The zero-order valence-corrected chi connectivity index (χ0v) is 16.2. The molecule has 25 heavy (non-hydrogen) atoms. The van der Waals surface area contributed by atoms with Gasteiger partial charge in [0.15, 0.2) is 4.47 Å². The highest BCUT2D eigenvalue weighted by Gasteiger charge is 2.51. The van der Waals surface area contributed by atoms with Crippen LogP contribution < -0.4 is 10.8 Å². The minimum absolute atomic E-state index is 0.423. The summed E-state index contributed by atoms with van der Waals surface area (Å²) in [7, 11) is -0.503. The molecule has 1 aliphatic heterocycles. The molecule has 1 saturated heterocycles. The fraction of sp³-hybridized carbons (Fsp3) is 0.412. The first-order chi connectivity index (χ1) is 11.7. The number of nitrogens with zero attached hydrogens (tertiary/aromatic N) is 2. The molecule has 1 aliphatic rings. The van der Waals surface area contributed by atoms with Gasteiger partial charge < -0.3 is 14.6 Å². The highest BCUT2D eigenvalue weighted by molar-refractivity contribution is 7.15. The molecule has 0 amide bonds. The van der Waals surface area contributed by atoms with E-state index in [4.69, 9.17) is 20.9 Å². The van der Waals surface area contributed by atoms with Crippen molar-refractivity contribution in [3.8, 4) is 6.07 Å². The molecule has 0 atom stereocenters. The number of hydrogen-bond donors (Lipinski definition) is 1. The molecule has 1 N–H and O–H groups in total. The van der Waals surface area contributed by atoms with E-state index in [2.05, 4.69) is 16.4 Å². The number of benzene rings is 1. The van der Waals surface area contributed by atoms with Gasteiger partial charge in [-0.1, -0.05) is 11.6 Å². The third kappa shape index (κ3) is 3.83. The van der Waals surface area contributed by atoms with E-state index in [9.17, 15) is 5.26 Å². The molecule has 0 radical (unpaired) electrons. The molecule has 0 saturated carbocycles. The zero-order valence-electron chi connectivity index (χ0n) is 14.6. The van der Waals surface area contributed by atoms with E-state index in [0.29, 0.717) is 16.6 Å². The Hall–Kier alpha value is -1.59. The fourth-order valence-electron chi connectivity index (χ4n) is 2.49. The summed E-state index contributed by atoms with van der Waals surface area (Å²) in [4.78, 5) is 5.04. The average Bonchev–Trinajstić information content (AvgIpc) is 3.05. The third-order valence-corrected chi connectivity index (χ3v) is 5.72. The first-order valence-corrected chi connectivity index (χ1v) is 9.14. The van der Waals surface area contributed by atoms with Crippen molar-refractivity contribution in [3.05, 3.63) is 39.3 Å². The molecule has 130 valence electrons. The monoisotopic (exact) mass is 375 g/mol. The molecular weight excluding hydrogens is 357 g/mol. The normalized spacial score (nSPS) is 18.2. The number of rotatable bonds is 4. The topological polar surface area (TPSA) is 67.2 Å². The van der Waals surface area contributed by atoms with Crippen LogP contribution >= 0.6 is 22.9 Å². The molecule has 5 nitrogen and oxygen atoms in total. The molecule has 0 spiro atoms. The molecule has 2 heterocycles. The number of halogens is 1. The number of aromatic nitrogens is 1. The van der Waals surface area contributed by atoms with Crippen molar-refractivity contribution in [2.45, 2.75) is 45.4 Å². The van der Waals surface area contributed by atoms with Gasteiger partial charge in [0.1, 0.15) is 0 Å². The van der Waals surface area contributed by atoms with Gasteiger partial charge in [-0.25, -0.2) is 4.98 Å². The van der Waals surface area contributed by atoms with Crippen LogP contribution in [0.15, 0.2) is 24.4 Å². The Kier molecular flexibility index (Phi) is 4.82. The van der Waals surface area contributed by atoms with Crippen molar-refractivity contribution in [2.24, 2.45) is 0 Å². The minimum Gasteiger partial charge on any atom is -0.399 e. The lowest BCUT2D eigenvalue weighted by atomic mass is 9.78. The predicted octanol–water partition coefficient (Wildman–Crippen LogP) is 3.58. The maximum absolute atomic E-state index is 9.34. The van der Waals surface area contributed by atoms with Gasteiger partial charge in [0.2, 0.25) is 0 Å². The Morgan fingerprint density at radius 1 is 1.24 bits per heavy atom. The van der Waals surface area contributed by atoms with E-state index in [1.807, 2.05) is 33.8 Å². The molecule has 1 aromatic heterocycles. The van der Waals surface area contributed by atoms with E-state index in [1.54, 1.807) is 18.3 Å². The van der Waals surface area contributed by atoms with Crippen LogP contribution in [0.2, 0.25) is 4.47 Å². The summed E-state index contributed by atoms with van der Waals surface area (Å²) in [5, 5.41) is 12.6. The van der Waals surface area contributed by atoms with Gasteiger partial charge in [-0.15, -0.1) is 11.3 Å². The van der Waals surface area contributed by atoms with Gasteiger partial charge in [0.05, 0.1) is 29.4 Å². The smallest absolute Gasteiger partial charge is 0.399 e.